The lowest BCUT2D eigenvalue weighted by Crippen LogP contribution is -2.35. The van der Waals surface area contributed by atoms with E-state index < -0.39 is 6.04 Å². The van der Waals surface area contributed by atoms with E-state index in [9.17, 15) is 9.59 Å². The van der Waals surface area contributed by atoms with Crippen molar-refractivity contribution in [2.24, 2.45) is 5.73 Å². The predicted octanol–water partition coefficient (Wildman–Crippen LogP) is 1.71. The lowest BCUT2D eigenvalue weighted by atomic mass is 10.1. The zero-order valence-corrected chi connectivity index (χ0v) is 10.7. The fraction of sp³-hybridized carbons (Fsp3) is 0.385. The van der Waals surface area contributed by atoms with Gasteiger partial charge in [-0.15, -0.1) is 0 Å². The van der Waals surface area contributed by atoms with Gasteiger partial charge in [-0.3, -0.25) is 9.59 Å². The predicted molar refractivity (Wildman–Crippen MR) is 72.3 cm³/mol. The van der Waals surface area contributed by atoms with Crippen molar-refractivity contribution in [2.45, 2.75) is 32.7 Å². The van der Waals surface area contributed by atoms with Crippen molar-refractivity contribution in [3.05, 3.63) is 24.3 Å². The molecule has 4 N–H and O–H groups in total. The Morgan fingerprint density at radius 1 is 1.17 bits per heavy atom. The van der Waals surface area contributed by atoms with Crippen LogP contribution < -0.4 is 16.4 Å². The summed E-state index contributed by atoms with van der Waals surface area (Å²) in [6.45, 7) is 3.43. The van der Waals surface area contributed by atoms with Crippen molar-refractivity contribution >= 4 is 23.2 Å². The molecule has 98 valence electrons. The molecule has 1 unspecified atom stereocenters. The van der Waals surface area contributed by atoms with Gasteiger partial charge in [-0.2, -0.15) is 0 Å². The van der Waals surface area contributed by atoms with Gasteiger partial charge in [-0.25, -0.2) is 0 Å². The third kappa shape index (κ3) is 4.55. The fourth-order valence-corrected chi connectivity index (χ4v) is 1.52. The quantitative estimate of drug-likeness (QED) is 0.742. The van der Waals surface area contributed by atoms with Crippen LogP contribution in [-0.2, 0) is 9.59 Å². The van der Waals surface area contributed by atoms with Crippen LogP contribution in [0.5, 0.6) is 0 Å². The fourth-order valence-electron chi connectivity index (χ4n) is 1.52. The first kappa shape index (κ1) is 14.2. The van der Waals surface area contributed by atoms with Crippen LogP contribution in [0.2, 0.25) is 0 Å². The first-order chi connectivity index (χ1) is 8.52. The molecule has 0 saturated heterocycles. The van der Waals surface area contributed by atoms with Gasteiger partial charge < -0.3 is 16.4 Å². The van der Waals surface area contributed by atoms with Gasteiger partial charge in [-0.05, 0) is 30.7 Å². The van der Waals surface area contributed by atoms with E-state index in [1.807, 2.05) is 6.92 Å². The Morgan fingerprint density at radius 3 is 2.11 bits per heavy atom. The third-order valence-corrected chi connectivity index (χ3v) is 2.41. The number of carbonyl (C=O) groups excluding carboxylic acids is 2. The molecule has 2 amide bonds. The summed E-state index contributed by atoms with van der Waals surface area (Å²) in [5.41, 5.74) is 7.06. The van der Waals surface area contributed by atoms with E-state index >= 15 is 0 Å². The molecule has 0 aliphatic rings. The highest BCUT2D eigenvalue weighted by Gasteiger charge is 2.11. The Balaban J connectivity index is 2.58. The van der Waals surface area contributed by atoms with Crippen LogP contribution in [0.3, 0.4) is 0 Å². The Bertz CT molecular complexity index is 415. The smallest absolute Gasteiger partial charge is 0.241 e. The second-order valence-electron chi connectivity index (χ2n) is 4.14. The monoisotopic (exact) mass is 249 g/mol. The van der Waals surface area contributed by atoms with Gasteiger partial charge in [0.25, 0.3) is 0 Å². The molecule has 0 radical (unpaired) electrons. The van der Waals surface area contributed by atoms with Crippen LogP contribution >= 0.6 is 0 Å². The average Bonchev–Trinajstić information content (AvgIpc) is 2.31. The summed E-state index contributed by atoms with van der Waals surface area (Å²) in [7, 11) is 0. The van der Waals surface area contributed by atoms with Gasteiger partial charge in [-0.1, -0.05) is 13.3 Å². The molecule has 0 aliphatic carbocycles. The van der Waals surface area contributed by atoms with Gasteiger partial charge in [0.15, 0.2) is 0 Å². The standard InChI is InChI=1S/C13H19N3O2/c1-3-4-12(14)13(18)16-11-7-5-10(6-8-11)15-9(2)17/h5-8,12H,3-4,14H2,1-2H3,(H,15,17)(H,16,18). The van der Waals surface area contributed by atoms with E-state index in [1.165, 1.54) is 6.92 Å². The number of amides is 2. The van der Waals surface area contributed by atoms with Crippen LogP contribution in [0.15, 0.2) is 24.3 Å². The van der Waals surface area contributed by atoms with Crippen molar-refractivity contribution in [3.63, 3.8) is 0 Å². The molecule has 0 heterocycles. The van der Waals surface area contributed by atoms with E-state index in [-0.39, 0.29) is 11.8 Å². The SMILES string of the molecule is CCCC(N)C(=O)Nc1ccc(NC(C)=O)cc1. The van der Waals surface area contributed by atoms with Crippen LogP contribution in [-0.4, -0.2) is 17.9 Å². The summed E-state index contributed by atoms with van der Waals surface area (Å²) < 4.78 is 0. The summed E-state index contributed by atoms with van der Waals surface area (Å²) in [5, 5.41) is 5.38. The number of anilines is 2. The normalized spacial score (nSPS) is 11.7. The first-order valence-corrected chi connectivity index (χ1v) is 5.97. The maximum Gasteiger partial charge on any atom is 0.241 e. The topological polar surface area (TPSA) is 84.2 Å². The minimum Gasteiger partial charge on any atom is -0.326 e. The van der Waals surface area contributed by atoms with Gasteiger partial charge in [0, 0.05) is 18.3 Å². The van der Waals surface area contributed by atoms with Crippen LogP contribution in [0.25, 0.3) is 0 Å². The molecule has 0 saturated carbocycles. The van der Waals surface area contributed by atoms with Crippen LogP contribution in [0, 0.1) is 0 Å². The van der Waals surface area contributed by atoms with Crippen molar-refractivity contribution < 1.29 is 9.59 Å². The third-order valence-electron chi connectivity index (χ3n) is 2.41. The molecular weight excluding hydrogens is 230 g/mol. The second kappa shape index (κ2) is 6.76. The molecule has 0 fully saturated rings. The zero-order chi connectivity index (χ0) is 13.5. The molecule has 5 nitrogen and oxygen atoms in total. The number of nitrogens with one attached hydrogen (secondary N) is 2. The van der Waals surface area contributed by atoms with Crippen LogP contribution in [0.4, 0.5) is 11.4 Å². The summed E-state index contributed by atoms with van der Waals surface area (Å²) in [6.07, 6.45) is 1.53. The summed E-state index contributed by atoms with van der Waals surface area (Å²) in [4.78, 5) is 22.5. The maximum absolute atomic E-state index is 11.7. The summed E-state index contributed by atoms with van der Waals surface area (Å²) in [5.74, 6) is -0.319. The molecule has 1 atom stereocenters. The van der Waals surface area contributed by atoms with E-state index in [4.69, 9.17) is 5.73 Å². The largest absolute Gasteiger partial charge is 0.326 e. The second-order valence-corrected chi connectivity index (χ2v) is 4.14. The minimum atomic E-state index is -0.481. The summed E-state index contributed by atoms with van der Waals surface area (Å²) >= 11 is 0. The lowest BCUT2D eigenvalue weighted by molar-refractivity contribution is -0.117. The van der Waals surface area contributed by atoms with Crippen molar-refractivity contribution in [2.75, 3.05) is 10.6 Å². The molecular formula is C13H19N3O2. The highest BCUT2D eigenvalue weighted by molar-refractivity contribution is 5.95. The Hall–Kier alpha value is -1.88. The first-order valence-electron chi connectivity index (χ1n) is 5.97. The number of rotatable bonds is 5. The number of benzene rings is 1. The van der Waals surface area contributed by atoms with Gasteiger partial charge >= 0.3 is 0 Å². The molecule has 5 heteroatoms. The van der Waals surface area contributed by atoms with E-state index in [1.54, 1.807) is 24.3 Å². The molecule has 18 heavy (non-hydrogen) atoms. The van der Waals surface area contributed by atoms with Crippen molar-refractivity contribution in [3.8, 4) is 0 Å². The molecule has 0 aliphatic heterocycles. The minimum absolute atomic E-state index is 0.128. The van der Waals surface area contributed by atoms with E-state index in [0.29, 0.717) is 17.8 Å². The molecule has 0 bridgehead atoms. The van der Waals surface area contributed by atoms with Crippen molar-refractivity contribution in [1.29, 1.82) is 0 Å². The van der Waals surface area contributed by atoms with Gasteiger partial charge in [0.2, 0.25) is 11.8 Å². The van der Waals surface area contributed by atoms with Gasteiger partial charge in [0.05, 0.1) is 6.04 Å². The Kier molecular flexibility index (Phi) is 5.32. The molecule has 0 spiro atoms. The molecule has 1 aromatic carbocycles. The maximum atomic E-state index is 11.7. The van der Waals surface area contributed by atoms with E-state index in [2.05, 4.69) is 10.6 Å². The highest BCUT2D eigenvalue weighted by atomic mass is 16.2. The molecule has 0 aromatic heterocycles. The zero-order valence-electron chi connectivity index (χ0n) is 10.7. The van der Waals surface area contributed by atoms with E-state index in [0.717, 1.165) is 6.42 Å². The summed E-state index contributed by atoms with van der Waals surface area (Å²) in [6, 6.07) is 6.42. The van der Waals surface area contributed by atoms with Crippen molar-refractivity contribution in [1.82, 2.24) is 0 Å². The number of hydrogen-bond donors (Lipinski definition) is 3. The van der Waals surface area contributed by atoms with Crippen LogP contribution in [0.1, 0.15) is 26.7 Å². The highest BCUT2D eigenvalue weighted by Crippen LogP contribution is 2.13. The Morgan fingerprint density at radius 2 is 1.67 bits per heavy atom. The molecule has 1 rings (SSSR count). The molecule has 1 aromatic rings. The number of carbonyl (C=O) groups is 2. The number of nitrogens with two attached hydrogens (primary N) is 1. The average molecular weight is 249 g/mol. The Labute approximate surface area is 107 Å². The number of hydrogen-bond acceptors (Lipinski definition) is 3. The van der Waals surface area contributed by atoms with Gasteiger partial charge in [0.1, 0.15) is 0 Å². The lowest BCUT2D eigenvalue weighted by Gasteiger charge is -2.11.